The second-order valence-electron chi connectivity index (χ2n) is 5.98. The van der Waals surface area contributed by atoms with E-state index in [1.165, 1.54) is 23.8 Å². The number of carbonyl (C=O) groups is 1. The van der Waals surface area contributed by atoms with Gasteiger partial charge in [-0.05, 0) is 65.6 Å². The minimum Gasteiger partial charge on any atom is -0.361 e. The smallest absolute Gasteiger partial charge is 0.251 e. The van der Waals surface area contributed by atoms with E-state index < -0.39 is 0 Å². The summed E-state index contributed by atoms with van der Waals surface area (Å²) in [4.78, 5) is 15.4. The van der Waals surface area contributed by atoms with Gasteiger partial charge in [-0.1, -0.05) is 18.2 Å². The minimum absolute atomic E-state index is 0.0171. The molecule has 0 unspecified atom stereocenters. The lowest BCUT2D eigenvalue weighted by molar-refractivity contribution is 0.0951. The molecule has 1 aromatic heterocycles. The molecule has 1 amide bonds. The molecule has 0 radical (unpaired) electrons. The molecule has 0 atom stereocenters. The number of carbonyl (C=O) groups excluding carboxylic acids is 1. The molecular formula is C19H18N2O. The lowest BCUT2D eigenvalue weighted by atomic mass is 10.1. The Hall–Kier alpha value is -2.55. The molecule has 1 fully saturated rings. The Balaban J connectivity index is 1.42. The first-order chi connectivity index (χ1) is 10.8. The normalized spacial score (nSPS) is 14.2. The van der Waals surface area contributed by atoms with Gasteiger partial charge in [-0.15, -0.1) is 0 Å². The van der Waals surface area contributed by atoms with Gasteiger partial charge in [-0.25, -0.2) is 0 Å². The highest BCUT2D eigenvalue weighted by atomic mass is 16.1. The van der Waals surface area contributed by atoms with Gasteiger partial charge in [0.2, 0.25) is 0 Å². The molecule has 22 heavy (non-hydrogen) atoms. The maximum atomic E-state index is 12.2. The minimum atomic E-state index is -0.0171. The van der Waals surface area contributed by atoms with Gasteiger partial charge in [-0.2, -0.15) is 0 Å². The predicted octanol–water partition coefficient (Wildman–Crippen LogP) is 3.98. The van der Waals surface area contributed by atoms with Crippen LogP contribution in [0.4, 0.5) is 0 Å². The van der Waals surface area contributed by atoms with Crippen molar-refractivity contribution in [3.63, 3.8) is 0 Å². The van der Waals surface area contributed by atoms with E-state index in [1.54, 1.807) is 0 Å². The molecule has 1 saturated carbocycles. The molecule has 0 aliphatic heterocycles. The van der Waals surface area contributed by atoms with E-state index in [-0.39, 0.29) is 5.91 Å². The second kappa shape index (κ2) is 5.34. The SMILES string of the molecule is O=C(NCc1ccc2[nH]ccc2c1)c1ccc(C2CC2)cc1. The van der Waals surface area contributed by atoms with E-state index >= 15 is 0 Å². The Bertz CT molecular complexity index is 813. The number of aromatic nitrogens is 1. The van der Waals surface area contributed by atoms with Gasteiger partial charge in [0.05, 0.1) is 0 Å². The van der Waals surface area contributed by atoms with Crippen LogP contribution in [0.5, 0.6) is 0 Å². The molecule has 0 saturated heterocycles. The van der Waals surface area contributed by atoms with Crippen LogP contribution >= 0.6 is 0 Å². The summed E-state index contributed by atoms with van der Waals surface area (Å²) in [5.74, 6) is 0.710. The molecule has 4 rings (SSSR count). The maximum Gasteiger partial charge on any atom is 0.251 e. The van der Waals surface area contributed by atoms with Crippen LogP contribution in [-0.2, 0) is 6.54 Å². The van der Waals surface area contributed by atoms with Crippen LogP contribution in [0, 0.1) is 0 Å². The van der Waals surface area contributed by atoms with Gasteiger partial charge < -0.3 is 10.3 Å². The van der Waals surface area contributed by atoms with E-state index in [2.05, 4.69) is 28.5 Å². The summed E-state index contributed by atoms with van der Waals surface area (Å²) in [6.45, 7) is 0.546. The summed E-state index contributed by atoms with van der Waals surface area (Å²) in [5, 5.41) is 4.15. The molecular weight excluding hydrogens is 272 g/mol. The lowest BCUT2D eigenvalue weighted by Crippen LogP contribution is -2.22. The summed E-state index contributed by atoms with van der Waals surface area (Å²) in [6, 6.07) is 16.2. The van der Waals surface area contributed by atoms with Crippen molar-refractivity contribution >= 4 is 16.8 Å². The van der Waals surface area contributed by atoms with Crippen LogP contribution in [0.25, 0.3) is 10.9 Å². The molecule has 3 aromatic rings. The number of aromatic amines is 1. The van der Waals surface area contributed by atoms with Gasteiger partial charge >= 0.3 is 0 Å². The van der Waals surface area contributed by atoms with Crippen LogP contribution in [0.3, 0.4) is 0 Å². The molecule has 1 aliphatic rings. The Morgan fingerprint density at radius 1 is 1.09 bits per heavy atom. The second-order valence-corrected chi connectivity index (χ2v) is 5.98. The van der Waals surface area contributed by atoms with Crippen LogP contribution in [0.15, 0.2) is 54.7 Å². The number of amides is 1. The molecule has 110 valence electrons. The van der Waals surface area contributed by atoms with E-state index in [0.717, 1.165) is 22.6 Å². The average molecular weight is 290 g/mol. The molecule has 3 heteroatoms. The Morgan fingerprint density at radius 2 is 1.91 bits per heavy atom. The Kier molecular flexibility index (Phi) is 3.19. The third kappa shape index (κ3) is 2.62. The lowest BCUT2D eigenvalue weighted by Gasteiger charge is -2.06. The molecule has 3 nitrogen and oxygen atoms in total. The molecule has 1 heterocycles. The fourth-order valence-electron chi connectivity index (χ4n) is 2.82. The highest BCUT2D eigenvalue weighted by molar-refractivity contribution is 5.94. The zero-order valence-electron chi connectivity index (χ0n) is 12.3. The summed E-state index contributed by atoms with van der Waals surface area (Å²) in [5.41, 5.74) is 4.31. The number of hydrogen-bond donors (Lipinski definition) is 2. The highest BCUT2D eigenvalue weighted by Gasteiger charge is 2.23. The average Bonchev–Trinajstić information content (AvgIpc) is 3.30. The van der Waals surface area contributed by atoms with E-state index in [1.807, 2.05) is 36.5 Å². The van der Waals surface area contributed by atoms with Crippen molar-refractivity contribution in [2.75, 3.05) is 0 Å². The van der Waals surface area contributed by atoms with Crippen molar-refractivity contribution in [1.29, 1.82) is 0 Å². The highest BCUT2D eigenvalue weighted by Crippen LogP contribution is 2.39. The summed E-state index contributed by atoms with van der Waals surface area (Å²) in [7, 11) is 0. The number of hydrogen-bond acceptors (Lipinski definition) is 1. The van der Waals surface area contributed by atoms with Crippen LogP contribution in [-0.4, -0.2) is 10.9 Å². The van der Waals surface area contributed by atoms with Gasteiger partial charge in [0, 0.05) is 23.8 Å². The molecule has 0 spiro atoms. The first-order valence-corrected chi connectivity index (χ1v) is 7.74. The standard InChI is InChI=1S/C19H18N2O/c22-19(16-6-4-15(5-7-16)14-2-3-14)21-12-13-1-8-18-17(11-13)9-10-20-18/h1,4-11,14,20H,2-3,12H2,(H,21,22). The molecule has 2 N–H and O–H groups in total. The van der Waals surface area contributed by atoms with Crippen molar-refractivity contribution in [2.45, 2.75) is 25.3 Å². The number of rotatable bonds is 4. The zero-order chi connectivity index (χ0) is 14.9. The number of nitrogens with one attached hydrogen (secondary N) is 2. The van der Waals surface area contributed by atoms with Crippen molar-refractivity contribution < 1.29 is 4.79 Å². The molecule has 1 aliphatic carbocycles. The third-order valence-electron chi connectivity index (χ3n) is 4.29. The van der Waals surface area contributed by atoms with Gasteiger partial charge in [-0.3, -0.25) is 4.79 Å². The molecule has 2 aromatic carbocycles. The van der Waals surface area contributed by atoms with Gasteiger partial charge in [0.25, 0.3) is 5.91 Å². The van der Waals surface area contributed by atoms with Crippen molar-refractivity contribution in [2.24, 2.45) is 0 Å². The summed E-state index contributed by atoms with van der Waals surface area (Å²) >= 11 is 0. The largest absolute Gasteiger partial charge is 0.361 e. The number of fused-ring (bicyclic) bond motifs is 1. The third-order valence-corrected chi connectivity index (χ3v) is 4.29. The first kappa shape index (κ1) is 13.1. The maximum absolute atomic E-state index is 12.2. The predicted molar refractivity (Wildman–Crippen MR) is 87.9 cm³/mol. The zero-order valence-corrected chi connectivity index (χ0v) is 12.3. The van der Waals surface area contributed by atoms with Crippen LogP contribution in [0.2, 0.25) is 0 Å². The molecule has 0 bridgehead atoms. The number of benzene rings is 2. The summed E-state index contributed by atoms with van der Waals surface area (Å²) < 4.78 is 0. The quantitative estimate of drug-likeness (QED) is 0.750. The number of H-pyrrole nitrogens is 1. The van der Waals surface area contributed by atoms with E-state index in [0.29, 0.717) is 6.54 Å². The topological polar surface area (TPSA) is 44.9 Å². The monoisotopic (exact) mass is 290 g/mol. The Labute approximate surface area is 129 Å². The van der Waals surface area contributed by atoms with Gasteiger partial charge in [0.1, 0.15) is 0 Å². The van der Waals surface area contributed by atoms with Crippen LogP contribution in [0.1, 0.15) is 40.2 Å². The van der Waals surface area contributed by atoms with E-state index in [9.17, 15) is 4.79 Å². The Morgan fingerprint density at radius 3 is 2.68 bits per heavy atom. The fraction of sp³-hybridized carbons (Fsp3) is 0.211. The van der Waals surface area contributed by atoms with Crippen molar-refractivity contribution in [1.82, 2.24) is 10.3 Å². The van der Waals surface area contributed by atoms with Crippen molar-refractivity contribution in [3.05, 3.63) is 71.4 Å². The van der Waals surface area contributed by atoms with Gasteiger partial charge in [0.15, 0.2) is 0 Å². The summed E-state index contributed by atoms with van der Waals surface area (Å²) in [6.07, 6.45) is 4.49. The first-order valence-electron chi connectivity index (χ1n) is 7.74. The van der Waals surface area contributed by atoms with Crippen LogP contribution < -0.4 is 5.32 Å². The fourth-order valence-corrected chi connectivity index (χ4v) is 2.82. The van der Waals surface area contributed by atoms with Crippen molar-refractivity contribution in [3.8, 4) is 0 Å². The van der Waals surface area contributed by atoms with E-state index in [4.69, 9.17) is 0 Å².